The van der Waals surface area contributed by atoms with Gasteiger partial charge < -0.3 is 9.26 Å². The molecule has 0 aliphatic heterocycles. The van der Waals surface area contributed by atoms with E-state index >= 15 is 0 Å². The molecule has 1 fully saturated rings. The van der Waals surface area contributed by atoms with Gasteiger partial charge in [0.1, 0.15) is 6.42 Å². The Balaban J connectivity index is 1.91. The van der Waals surface area contributed by atoms with Gasteiger partial charge >= 0.3 is 5.97 Å². The highest BCUT2D eigenvalue weighted by atomic mass is 16.5. The Morgan fingerprint density at radius 3 is 3.07 bits per heavy atom. The molecule has 1 aromatic rings. The molecule has 1 aliphatic carbocycles. The van der Waals surface area contributed by atoms with Gasteiger partial charge in [-0.05, 0) is 18.8 Å². The van der Waals surface area contributed by atoms with Crippen molar-refractivity contribution >= 4 is 5.97 Å². The molecule has 5 heteroatoms. The SMILES string of the molecule is COC(=O)Cc1nc(CC2CC2)no1. The molecule has 0 unspecified atom stereocenters. The number of carbonyl (C=O) groups excluding carboxylic acids is 1. The molecule has 2 rings (SSSR count). The highest BCUT2D eigenvalue weighted by Gasteiger charge is 2.24. The predicted octanol–water partition coefficient (Wildman–Crippen LogP) is 0.738. The van der Waals surface area contributed by atoms with E-state index in [2.05, 4.69) is 14.9 Å². The third-order valence-electron chi connectivity index (χ3n) is 2.20. The summed E-state index contributed by atoms with van der Waals surface area (Å²) < 4.78 is 9.39. The number of methoxy groups -OCH3 is 1. The standard InChI is InChI=1S/C9H12N2O3/c1-13-9(12)5-8-10-7(11-14-8)4-6-2-3-6/h6H,2-5H2,1H3. The van der Waals surface area contributed by atoms with Gasteiger partial charge in [-0.2, -0.15) is 4.98 Å². The molecule has 1 saturated carbocycles. The summed E-state index contributed by atoms with van der Waals surface area (Å²) in [4.78, 5) is 15.0. The minimum absolute atomic E-state index is 0.0637. The van der Waals surface area contributed by atoms with Crippen LogP contribution in [0.1, 0.15) is 24.6 Å². The van der Waals surface area contributed by atoms with E-state index in [1.165, 1.54) is 20.0 Å². The number of hydrogen-bond acceptors (Lipinski definition) is 5. The lowest BCUT2D eigenvalue weighted by molar-refractivity contribution is -0.140. The average molecular weight is 196 g/mol. The van der Waals surface area contributed by atoms with E-state index in [0.717, 1.165) is 12.3 Å². The predicted molar refractivity (Wildman–Crippen MR) is 46.4 cm³/mol. The molecule has 14 heavy (non-hydrogen) atoms. The molecule has 0 amide bonds. The average Bonchev–Trinajstić information content (AvgIpc) is 2.87. The maximum absolute atomic E-state index is 10.9. The van der Waals surface area contributed by atoms with Gasteiger partial charge in [0.05, 0.1) is 7.11 Å². The first-order valence-corrected chi connectivity index (χ1v) is 4.66. The Kier molecular flexibility index (Phi) is 2.47. The van der Waals surface area contributed by atoms with Crippen LogP contribution >= 0.6 is 0 Å². The van der Waals surface area contributed by atoms with Crippen molar-refractivity contribution in [1.29, 1.82) is 0 Å². The highest BCUT2D eigenvalue weighted by molar-refractivity contribution is 5.70. The number of nitrogens with zero attached hydrogens (tertiary/aromatic N) is 2. The molecule has 0 saturated heterocycles. The van der Waals surface area contributed by atoms with Crippen LogP contribution in [0.2, 0.25) is 0 Å². The number of rotatable bonds is 4. The summed E-state index contributed by atoms with van der Waals surface area (Å²) in [6.45, 7) is 0. The van der Waals surface area contributed by atoms with E-state index in [1.54, 1.807) is 0 Å². The molecule has 0 N–H and O–H groups in total. The molecule has 1 aromatic heterocycles. The number of aromatic nitrogens is 2. The monoisotopic (exact) mass is 196 g/mol. The molecule has 1 aliphatic rings. The largest absolute Gasteiger partial charge is 0.469 e. The molecule has 0 aromatic carbocycles. The lowest BCUT2D eigenvalue weighted by atomic mass is 10.3. The Labute approximate surface area is 81.4 Å². The lowest BCUT2D eigenvalue weighted by Gasteiger charge is -1.91. The number of hydrogen-bond donors (Lipinski definition) is 0. The Bertz CT molecular complexity index is 331. The second-order valence-corrected chi connectivity index (χ2v) is 3.50. The minimum Gasteiger partial charge on any atom is -0.469 e. The molecule has 0 spiro atoms. The second kappa shape index (κ2) is 3.77. The zero-order valence-corrected chi connectivity index (χ0v) is 8.02. The summed E-state index contributed by atoms with van der Waals surface area (Å²) in [5.41, 5.74) is 0. The Morgan fingerprint density at radius 2 is 2.43 bits per heavy atom. The first kappa shape index (κ1) is 9.18. The fourth-order valence-corrected chi connectivity index (χ4v) is 1.22. The van der Waals surface area contributed by atoms with Crippen LogP contribution in [0.3, 0.4) is 0 Å². The van der Waals surface area contributed by atoms with Crippen molar-refractivity contribution in [2.24, 2.45) is 5.92 Å². The van der Waals surface area contributed by atoms with Gasteiger partial charge in [-0.1, -0.05) is 5.16 Å². The van der Waals surface area contributed by atoms with Crippen molar-refractivity contribution in [1.82, 2.24) is 10.1 Å². The summed E-state index contributed by atoms with van der Waals surface area (Å²) in [5, 5.41) is 3.79. The zero-order valence-electron chi connectivity index (χ0n) is 8.02. The van der Waals surface area contributed by atoms with Crippen LogP contribution < -0.4 is 0 Å². The topological polar surface area (TPSA) is 65.2 Å². The molecule has 76 valence electrons. The zero-order chi connectivity index (χ0) is 9.97. The van der Waals surface area contributed by atoms with Crippen molar-refractivity contribution < 1.29 is 14.1 Å². The molecule has 0 atom stereocenters. The molecule has 0 radical (unpaired) electrons. The number of ether oxygens (including phenoxy) is 1. The van der Waals surface area contributed by atoms with Crippen LogP contribution in [-0.4, -0.2) is 23.2 Å². The summed E-state index contributed by atoms with van der Waals surface area (Å²) >= 11 is 0. The van der Waals surface area contributed by atoms with Crippen molar-refractivity contribution in [3.63, 3.8) is 0 Å². The first-order valence-electron chi connectivity index (χ1n) is 4.66. The van der Waals surface area contributed by atoms with Crippen molar-refractivity contribution in [3.05, 3.63) is 11.7 Å². The third kappa shape index (κ3) is 2.31. The van der Waals surface area contributed by atoms with Gasteiger partial charge in [0.25, 0.3) is 0 Å². The van der Waals surface area contributed by atoms with Gasteiger partial charge in [-0.3, -0.25) is 4.79 Å². The van der Waals surface area contributed by atoms with Crippen molar-refractivity contribution in [3.8, 4) is 0 Å². The van der Waals surface area contributed by atoms with Crippen LogP contribution in [-0.2, 0) is 22.4 Å². The molecule has 0 bridgehead atoms. The van der Waals surface area contributed by atoms with Crippen LogP contribution in [0.15, 0.2) is 4.52 Å². The Morgan fingerprint density at radius 1 is 1.64 bits per heavy atom. The van der Waals surface area contributed by atoms with E-state index in [9.17, 15) is 4.79 Å². The fraction of sp³-hybridized carbons (Fsp3) is 0.667. The summed E-state index contributed by atoms with van der Waals surface area (Å²) in [7, 11) is 1.34. The smallest absolute Gasteiger partial charge is 0.315 e. The van der Waals surface area contributed by atoms with Gasteiger partial charge in [-0.15, -0.1) is 0 Å². The van der Waals surface area contributed by atoms with E-state index in [1.807, 2.05) is 0 Å². The van der Waals surface area contributed by atoms with E-state index < -0.39 is 0 Å². The van der Waals surface area contributed by atoms with Gasteiger partial charge in [-0.25, -0.2) is 0 Å². The maximum atomic E-state index is 10.9. The van der Waals surface area contributed by atoms with E-state index in [-0.39, 0.29) is 12.4 Å². The summed E-state index contributed by atoms with van der Waals surface area (Å²) in [5.74, 6) is 1.41. The van der Waals surface area contributed by atoms with Gasteiger partial charge in [0, 0.05) is 6.42 Å². The van der Waals surface area contributed by atoms with Crippen molar-refractivity contribution in [2.45, 2.75) is 25.7 Å². The fourth-order valence-electron chi connectivity index (χ4n) is 1.22. The minimum atomic E-state index is -0.355. The van der Waals surface area contributed by atoms with E-state index in [4.69, 9.17) is 4.52 Å². The molecule has 1 heterocycles. The Hall–Kier alpha value is -1.39. The lowest BCUT2D eigenvalue weighted by Crippen LogP contribution is -2.04. The first-order chi connectivity index (χ1) is 6.78. The van der Waals surface area contributed by atoms with Crippen molar-refractivity contribution in [2.75, 3.05) is 7.11 Å². The van der Waals surface area contributed by atoms with Crippen LogP contribution in [0.25, 0.3) is 0 Å². The third-order valence-corrected chi connectivity index (χ3v) is 2.20. The van der Waals surface area contributed by atoms with Gasteiger partial charge in [0.15, 0.2) is 5.82 Å². The summed E-state index contributed by atoms with van der Waals surface area (Å²) in [6, 6.07) is 0. The van der Waals surface area contributed by atoms with Crippen LogP contribution in [0.4, 0.5) is 0 Å². The second-order valence-electron chi connectivity index (χ2n) is 3.50. The summed E-state index contributed by atoms with van der Waals surface area (Å²) in [6.07, 6.45) is 3.43. The normalized spacial score (nSPS) is 15.5. The molecular formula is C9H12N2O3. The highest BCUT2D eigenvalue weighted by Crippen LogP contribution is 2.31. The quantitative estimate of drug-likeness (QED) is 0.664. The van der Waals surface area contributed by atoms with Gasteiger partial charge in [0.2, 0.25) is 5.89 Å². The van der Waals surface area contributed by atoms with E-state index in [0.29, 0.717) is 11.7 Å². The maximum Gasteiger partial charge on any atom is 0.315 e. The van der Waals surface area contributed by atoms with Crippen LogP contribution in [0.5, 0.6) is 0 Å². The molecule has 5 nitrogen and oxygen atoms in total. The van der Waals surface area contributed by atoms with Crippen LogP contribution in [0, 0.1) is 5.92 Å². The number of esters is 1. The molecular weight excluding hydrogens is 184 g/mol. The number of carbonyl (C=O) groups is 1.